The highest BCUT2D eigenvalue weighted by Crippen LogP contribution is 2.40. The Hall–Kier alpha value is -7.70. The Morgan fingerprint density at radius 1 is 0.431 bits per heavy atom. The molecular formula is C52H34N6. The second kappa shape index (κ2) is 12.9. The first-order valence-electron chi connectivity index (χ1n) is 19.8. The summed E-state index contributed by atoms with van der Waals surface area (Å²) in [5, 5.41) is 7.10. The summed E-state index contributed by atoms with van der Waals surface area (Å²) in [5.74, 6) is 2.66. The number of rotatable bonds is 5. The molecule has 0 saturated heterocycles. The molecule has 1 aliphatic rings. The van der Waals surface area contributed by atoms with Crippen molar-refractivity contribution in [3.05, 3.63) is 187 Å². The highest BCUT2D eigenvalue weighted by Gasteiger charge is 2.20. The van der Waals surface area contributed by atoms with Crippen LogP contribution in [0.3, 0.4) is 0 Å². The maximum Gasteiger partial charge on any atom is 0.164 e. The maximum absolute atomic E-state index is 5.18. The van der Waals surface area contributed by atoms with Crippen LogP contribution in [0.1, 0.15) is 17.5 Å². The largest absolute Gasteiger partial charge is 0.309 e. The minimum absolute atomic E-state index is 0.595. The fourth-order valence-electron chi connectivity index (χ4n) is 8.87. The quantitative estimate of drug-likeness (QED) is 0.176. The molecule has 1 aliphatic carbocycles. The summed E-state index contributed by atoms with van der Waals surface area (Å²) >= 11 is 0. The SMILES string of the molecule is C1=Cc2cc(-c3nc(-c4ccnc(-n5c6ccccc6c6cc7c8ccccc8n(-c8ccccc8)c7cc65)c4)nc(-c4ccc5ccccc5c4)n3)ccc2CC1. The number of para-hydroxylation sites is 3. The van der Waals surface area contributed by atoms with E-state index in [2.05, 4.69) is 179 Å². The lowest BCUT2D eigenvalue weighted by Gasteiger charge is -2.13. The third-order valence-electron chi connectivity index (χ3n) is 11.6. The minimum atomic E-state index is 0.595. The van der Waals surface area contributed by atoms with Crippen LogP contribution >= 0.6 is 0 Å². The Morgan fingerprint density at radius 3 is 1.83 bits per heavy atom. The van der Waals surface area contributed by atoms with Crippen molar-refractivity contribution in [3.63, 3.8) is 0 Å². The number of nitrogens with zero attached hydrogens (tertiary/aromatic N) is 6. The third kappa shape index (κ3) is 5.19. The average molecular weight is 743 g/mol. The molecule has 0 unspecified atom stereocenters. The summed E-state index contributed by atoms with van der Waals surface area (Å²) in [7, 11) is 0. The topological polar surface area (TPSA) is 61.4 Å². The molecule has 0 saturated carbocycles. The van der Waals surface area contributed by atoms with Gasteiger partial charge in [0.25, 0.3) is 0 Å². The molecule has 272 valence electrons. The minimum Gasteiger partial charge on any atom is -0.309 e. The Kier molecular flexibility index (Phi) is 7.25. The first kappa shape index (κ1) is 32.5. The number of hydrogen-bond acceptors (Lipinski definition) is 4. The molecule has 7 aromatic carbocycles. The summed E-state index contributed by atoms with van der Waals surface area (Å²) in [4.78, 5) is 20.5. The summed E-state index contributed by atoms with van der Waals surface area (Å²) in [6.45, 7) is 0. The van der Waals surface area contributed by atoms with Gasteiger partial charge in [0.2, 0.25) is 0 Å². The number of aryl methyl sites for hydroxylation is 1. The van der Waals surface area contributed by atoms with Gasteiger partial charge < -0.3 is 4.57 Å². The summed E-state index contributed by atoms with van der Waals surface area (Å²) in [6.07, 6.45) is 8.42. The van der Waals surface area contributed by atoms with E-state index in [1.807, 2.05) is 12.3 Å². The Balaban J connectivity index is 1.07. The predicted octanol–water partition coefficient (Wildman–Crippen LogP) is 12.6. The zero-order chi connectivity index (χ0) is 38.2. The van der Waals surface area contributed by atoms with Gasteiger partial charge in [-0.3, -0.25) is 4.57 Å². The van der Waals surface area contributed by atoms with Crippen molar-refractivity contribution in [2.24, 2.45) is 0 Å². The molecule has 0 amide bonds. The van der Waals surface area contributed by atoms with Crippen molar-refractivity contribution in [3.8, 4) is 45.7 Å². The monoisotopic (exact) mass is 742 g/mol. The van der Waals surface area contributed by atoms with E-state index in [0.717, 1.165) is 63.0 Å². The van der Waals surface area contributed by atoms with E-state index < -0.39 is 0 Å². The van der Waals surface area contributed by atoms with Gasteiger partial charge in [-0.05, 0) is 95.4 Å². The molecule has 0 bridgehead atoms. The van der Waals surface area contributed by atoms with Crippen molar-refractivity contribution < 1.29 is 0 Å². The predicted molar refractivity (Wildman–Crippen MR) is 237 cm³/mol. The van der Waals surface area contributed by atoms with Crippen LogP contribution in [0.25, 0.3) is 106 Å². The Labute approximate surface area is 334 Å². The van der Waals surface area contributed by atoms with Crippen LogP contribution in [0.5, 0.6) is 0 Å². The van der Waals surface area contributed by atoms with Gasteiger partial charge in [0.05, 0.1) is 22.1 Å². The first-order valence-corrected chi connectivity index (χ1v) is 19.8. The maximum atomic E-state index is 5.18. The molecule has 0 fully saturated rings. The lowest BCUT2D eigenvalue weighted by atomic mass is 9.95. The van der Waals surface area contributed by atoms with E-state index in [1.54, 1.807) is 0 Å². The van der Waals surface area contributed by atoms with E-state index in [1.165, 1.54) is 43.6 Å². The van der Waals surface area contributed by atoms with Crippen molar-refractivity contribution in [2.45, 2.75) is 12.8 Å². The molecule has 0 aliphatic heterocycles. The van der Waals surface area contributed by atoms with Crippen LogP contribution in [0.4, 0.5) is 0 Å². The smallest absolute Gasteiger partial charge is 0.164 e. The van der Waals surface area contributed by atoms with Gasteiger partial charge in [-0.25, -0.2) is 19.9 Å². The van der Waals surface area contributed by atoms with Crippen molar-refractivity contribution in [1.82, 2.24) is 29.1 Å². The number of aromatic nitrogens is 6. The molecule has 58 heavy (non-hydrogen) atoms. The van der Waals surface area contributed by atoms with Crippen LogP contribution in [0.15, 0.2) is 176 Å². The van der Waals surface area contributed by atoms with Gasteiger partial charge in [0, 0.05) is 50.1 Å². The van der Waals surface area contributed by atoms with Gasteiger partial charge in [0.15, 0.2) is 17.5 Å². The van der Waals surface area contributed by atoms with Gasteiger partial charge >= 0.3 is 0 Å². The molecule has 4 aromatic heterocycles. The van der Waals surface area contributed by atoms with Gasteiger partial charge in [0.1, 0.15) is 5.82 Å². The first-order chi connectivity index (χ1) is 28.7. The Morgan fingerprint density at radius 2 is 1.05 bits per heavy atom. The van der Waals surface area contributed by atoms with Crippen LogP contribution in [-0.4, -0.2) is 29.1 Å². The summed E-state index contributed by atoms with van der Waals surface area (Å²) < 4.78 is 4.65. The van der Waals surface area contributed by atoms with Crippen LogP contribution in [-0.2, 0) is 6.42 Å². The van der Waals surface area contributed by atoms with Crippen LogP contribution in [0.2, 0.25) is 0 Å². The fourth-order valence-corrected chi connectivity index (χ4v) is 8.87. The molecular weight excluding hydrogens is 709 g/mol. The molecule has 0 spiro atoms. The van der Waals surface area contributed by atoms with Gasteiger partial charge in [-0.15, -0.1) is 0 Å². The summed E-state index contributed by atoms with van der Waals surface area (Å²) in [5.41, 5.74) is 10.9. The third-order valence-corrected chi connectivity index (χ3v) is 11.6. The van der Waals surface area contributed by atoms with Gasteiger partial charge in [-0.2, -0.15) is 0 Å². The molecule has 6 nitrogen and oxygen atoms in total. The molecule has 0 radical (unpaired) electrons. The number of fused-ring (bicyclic) bond motifs is 8. The average Bonchev–Trinajstić information content (AvgIpc) is 3.80. The highest BCUT2D eigenvalue weighted by molar-refractivity contribution is 6.19. The molecule has 11 aromatic rings. The number of pyridine rings is 1. The van der Waals surface area contributed by atoms with E-state index in [-0.39, 0.29) is 0 Å². The van der Waals surface area contributed by atoms with Gasteiger partial charge in [-0.1, -0.05) is 115 Å². The zero-order valence-electron chi connectivity index (χ0n) is 31.4. The standard InChI is InChI=1S/C52H34N6/c1-2-16-40(17-3-1)57-45-20-10-8-18-41(45)43-31-44-42-19-9-11-21-46(42)58(48(44)32-47(43)57)49-30-39(26-27-53-49)52-55-50(37-24-22-33-12-4-6-14-35(33)28-37)54-51(56-52)38-25-23-34-13-5-7-15-36(34)29-38/h1-4,6-12,14-32H,5,13H2. The van der Waals surface area contributed by atoms with Crippen LogP contribution in [0, 0.1) is 0 Å². The molecule has 0 atom stereocenters. The lowest BCUT2D eigenvalue weighted by Crippen LogP contribution is -2.03. The van der Waals surface area contributed by atoms with E-state index in [0.29, 0.717) is 17.5 Å². The normalized spacial score (nSPS) is 12.6. The number of allylic oxidation sites excluding steroid dienone is 1. The number of hydrogen-bond donors (Lipinski definition) is 0. The van der Waals surface area contributed by atoms with E-state index in [4.69, 9.17) is 19.9 Å². The second-order valence-corrected chi connectivity index (χ2v) is 15.1. The van der Waals surface area contributed by atoms with E-state index in [9.17, 15) is 0 Å². The van der Waals surface area contributed by atoms with E-state index >= 15 is 0 Å². The Bertz CT molecular complexity index is 3460. The zero-order valence-corrected chi connectivity index (χ0v) is 31.4. The molecule has 6 heteroatoms. The van der Waals surface area contributed by atoms with Crippen LogP contribution < -0.4 is 0 Å². The lowest BCUT2D eigenvalue weighted by molar-refractivity contribution is 0.984. The summed E-state index contributed by atoms with van der Waals surface area (Å²) in [6, 6.07) is 58.1. The molecule has 0 N–H and O–H groups in total. The fraction of sp³-hybridized carbons (Fsp3) is 0.0385. The van der Waals surface area contributed by atoms with Crippen molar-refractivity contribution >= 4 is 60.5 Å². The van der Waals surface area contributed by atoms with Crippen molar-refractivity contribution in [2.75, 3.05) is 0 Å². The molecule has 4 heterocycles. The molecule has 12 rings (SSSR count). The highest BCUT2D eigenvalue weighted by atomic mass is 15.1. The number of benzene rings is 7. The second-order valence-electron chi connectivity index (χ2n) is 15.1. The van der Waals surface area contributed by atoms with Crippen molar-refractivity contribution in [1.29, 1.82) is 0 Å².